The molecule has 3 rings (SSSR count). The van der Waals surface area contributed by atoms with Crippen LogP contribution in [0.25, 0.3) is 0 Å². The van der Waals surface area contributed by atoms with Crippen LogP contribution in [0.3, 0.4) is 0 Å². The second-order valence-corrected chi connectivity index (χ2v) is 9.64. The zero-order chi connectivity index (χ0) is 21.1. The van der Waals surface area contributed by atoms with Crippen molar-refractivity contribution in [3.63, 3.8) is 0 Å². The fourth-order valence-corrected chi connectivity index (χ4v) is 4.65. The molecule has 4 nitrogen and oxygen atoms in total. The van der Waals surface area contributed by atoms with Gasteiger partial charge in [0, 0.05) is 0 Å². The summed E-state index contributed by atoms with van der Waals surface area (Å²) >= 11 is 0. The minimum absolute atomic E-state index is 0.377. The molecule has 4 heteroatoms. The van der Waals surface area contributed by atoms with E-state index in [-0.39, 0.29) is 5.41 Å². The molecule has 0 amide bonds. The quantitative estimate of drug-likeness (QED) is 0.407. The molecule has 0 radical (unpaired) electrons. The van der Waals surface area contributed by atoms with Crippen LogP contribution >= 0.6 is 0 Å². The summed E-state index contributed by atoms with van der Waals surface area (Å²) in [6, 6.07) is 4.64. The van der Waals surface area contributed by atoms with Gasteiger partial charge in [0.2, 0.25) is 0 Å². The van der Waals surface area contributed by atoms with Crippen molar-refractivity contribution < 1.29 is 19.8 Å². The van der Waals surface area contributed by atoms with Crippen molar-refractivity contribution in [2.45, 2.75) is 97.3 Å². The van der Waals surface area contributed by atoms with Gasteiger partial charge in [-0.2, -0.15) is 0 Å². The van der Waals surface area contributed by atoms with Crippen LogP contribution < -0.4 is 0 Å². The second-order valence-electron chi connectivity index (χ2n) is 9.64. The van der Waals surface area contributed by atoms with Crippen LogP contribution in [-0.2, 0) is 22.4 Å². The average Bonchev–Trinajstić information content (AvgIpc) is 3.57. The number of carboxylic acids is 2. The Kier molecular flexibility index (Phi) is 6.70. The second kappa shape index (κ2) is 8.89. The van der Waals surface area contributed by atoms with Crippen molar-refractivity contribution in [2.75, 3.05) is 0 Å². The van der Waals surface area contributed by atoms with Crippen molar-refractivity contribution in [3.8, 4) is 0 Å². The van der Waals surface area contributed by atoms with E-state index in [0.29, 0.717) is 0 Å². The van der Waals surface area contributed by atoms with Crippen molar-refractivity contribution in [1.29, 1.82) is 0 Å². The molecule has 0 heterocycles. The average molecular weight is 401 g/mol. The van der Waals surface area contributed by atoms with Gasteiger partial charge in [-0.05, 0) is 100 Å². The Hall–Kier alpha value is -1.84. The molecule has 0 spiro atoms. The van der Waals surface area contributed by atoms with Crippen molar-refractivity contribution in [2.24, 2.45) is 10.8 Å². The van der Waals surface area contributed by atoms with E-state index in [9.17, 15) is 19.8 Å². The zero-order valence-electron chi connectivity index (χ0n) is 18.1. The molecular weight excluding hydrogens is 364 g/mol. The summed E-state index contributed by atoms with van der Waals surface area (Å²) in [7, 11) is 0. The van der Waals surface area contributed by atoms with Gasteiger partial charge in [0.1, 0.15) is 0 Å². The van der Waals surface area contributed by atoms with E-state index < -0.39 is 17.4 Å². The lowest BCUT2D eigenvalue weighted by molar-refractivity contribution is -0.144. The van der Waals surface area contributed by atoms with E-state index in [2.05, 4.69) is 26.0 Å². The molecule has 0 aliphatic heterocycles. The maximum atomic E-state index is 11.3. The summed E-state index contributed by atoms with van der Waals surface area (Å²) in [6.07, 6.45) is 12.5. The first-order chi connectivity index (χ1) is 13.8. The first-order valence-corrected chi connectivity index (χ1v) is 11.3. The molecule has 29 heavy (non-hydrogen) atoms. The molecule has 2 aliphatic carbocycles. The molecule has 1 aromatic rings. The molecule has 2 N–H and O–H groups in total. The molecule has 0 saturated heterocycles. The van der Waals surface area contributed by atoms with Crippen LogP contribution in [-0.4, -0.2) is 22.2 Å². The third-order valence-corrected chi connectivity index (χ3v) is 7.36. The van der Waals surface area contributed by atoms with Gasteiger partial charge in [-0.3, -0.25) is 9.59 Å². The van der Waals surface area contributed by atoms with Gasteiger partial charge >= 0.3 is 11.9 Å². The van der Waals surface area contributed by atoms with Gasteiger partial charge in [0.05, 0.1) is 10.8 Å². The summed E-state index contributed by atoms with van der Waals surface area (Å²) in [5.74, 6) is -1.21. The fraction of sp³-hybridized carbons (Fsp3) is 0.680. The van der Waals surface area contributed by atoms with Gasteiger partial charge < -0.3 is 10.2 Å². The van der Waals surface area contributed by atoms with Crippen molar-refractivity contribution >= 4 is 11.9 Å². The van der Waals surface area contributed by atoms with Crippen molar-refractivity contribution in [1.82, 2.24) is 0 Å². The number of hydrogen-bond donors (Lipinski definition) is 2. The monoisotopic (exact) mass is 400 g/mol. The molecule has 2 aliphatic rings. The SMILES string of the molecule is Cc1cc(CCCCC2(C(=O)O)CC2)c(C)cc1CCCCCC1(C(=O)O)CC1. The number of unbranched alkanes of at least 4 members (excludes halogenated alkanes) is 3. The first kappa shape index (κ1) is 21.9. The van der Waals surface area contributed by atoms with E-state index in [0.717, 1.165) is 83.5 Å². The highest BCUT2D eigenvalue weighted by atomic mass is 16.4. The minimum atomic E-state index is -0.607. The molecule has 2 fully saturated rings. The lowest BCUT2D eigenvalue weighted by atomic mass is 9.92. The summed E-state index contributed by atoms with van der Waals surface area (Å²) < 4.78 is 0. The molecule has 1 aromatic carbocycles. The minimum Gasteiger partial charge on any atom is -0.481 e. The summed E-state index contributed by atoms with van der Waals surface area (Å²) in [5, 5.41) is 18.5. The van der Waals surface area contributed by atoms with Gasteiger partial charge in [-0.1, -0.05) is 31.4 Å². The van der Waals surface area contributed by atoms with Crippen LogP contribution in [0.4, 0.5) is 0 Å². The maximum absolute atomic E-state index is 11.3. The highest BCUT2D eigenvalue weighted by Gasteiger charge is 2.49. The Morgan fingerprint density at radius 3 is 1.48 bits per heavy atom. The van der Waals surface area contributed by atoms with Crippen LogP contribution in [0.5, 0.6) is 0 Å². The Morgan fingerprint density at radius 1 is 0.724 bits per heavy atom. The van der Waals surface area contributed by atoms with E-state index in [4.69, 9.17) is 0 Å². The van der Waals surface area contributed by atoms with E-state index in [1.54, 1.807) is 0 Å². The molecule has 160 valence electrons. The van der Waals surface area contributed by atoms with Crippen molar-refractivity contribution in [3.05, 3.63) is 34.4 Å². The Morgan fingerprint density at radius 2 is 1.10 bits per heavy atom. The number of rotatable bonds is 13. The molecule has 0 bridgehead atoms. The van der Waals surface area contributed by atoms with Crippen LogP contribution in [0, 0.1) is 24.7 Å². The molecule has 0 atom stereocenters. The van der Waals surface area contributed by atoms with Gasteiger partial charge in [0.25, 0.3) is 0 Å². The third-order valence-electron chi connectivity index (χ3n) is 7.36. The fourth-order valence-electron chi connectivity index (χ4n) is 4.65. The molecular formula is C25H36O4. The predicted octanol–water partition coefficient (Wildman–Crippen LogP) is 5.85. The summed E-state index contributed by atoms with van der Waals surface area (Å²) in [6.45, 7) is 4.37. The number of aliphatic carboxylic acids is 2. The lowest BCUT2D eigenvalue weighted by Gasteiger charge is -2.14. The standard InChI is InChI=1S/C25H36O4/c1-18-17-21(9-5-7-11-25(14-15-25)23(28)29)19(2)16-20(18)8-4-3-6-10-24(12-13-24)22(26)27/h16-17H,3-15H2,1-2H3,(H,26,27)(H,28,29). The van der Waals surface area contributed by atoms with Gasteiger partial charge in [-0.15, -0.1) is 0 Å². The third kappa shape index (κ3) is 5.40. The Bertz CT molecular complexity index is 756. The smallest absolute Gasteiger partial charge is 0.309 e. The number of hydrogen-bond acceptors (Lipinski definition) is 2. The van der Waals surface area contributed by atoms with Gasteiger partial charge in [-0.25, -0.2) is 0 Å². The zero-order valence-corrected chi connectivity index (χ0v) is 18.1. The normalized spacial score (nSPS) is 18.4. The first-order valence-electron chi connectivity index (χ1n) is 11.3. The topological polar surface area (TPSA) is 74.6 Å². The number of carbonyl (C=O) groups is 2. The molecule has 0 unspecified atom stereocenters. The van der Waals surface area contributed by atoms with Crippen LogP contribution in [0.1, 0.15) is 92.9 Å². The lowest BCUT2D eigenvalue weighted by Crippen LogP contribution is -2.14. The predicted molar refractivity (Wildman–Crippen MR) is 114 cm³/mol. The van der Waals surface area contributed by atoms with Crippen LogP contribution in [0.15, 0.2) is 12.1 Å². The summed E-state index contributed by atoms with van der Waals surface area (Å²) in [4.78, 5) is 22.5. The Labute approximate surface area is 174 Å². The van der Waals surface area contributed by atoms with E-state index in [1.807, 2.05) is 0 Å². The number of benzene rings is 1. The molecule has 2 saturated carbocycles. The van der Waals surface area contributed by atoms with E-state index in [1.165, 1.54) is 22.3 Å². The Balaban J connectivity index is 1.39. The van der Waals surface area contributed by atoms with Crippen LogP contribution in [0.2, 0.25) is 0 Å². The highest BCUT2D eigenvalue weighted by molar-refractivity contribution is 5.78. The number of aryl methyl sites for hydroxylation is 4. The van der Waals surface area contributed by atoms with E-state index >= 15 is 0 Å². The number of carboxylic acid groups (broad SMARTS) is 2. The largest absolute Gasteiger partial charge is 0.481 e. The highest BCUT2D eigenvalue weighted by Crippen LogP contribution is 2.50. The molecule has 0 aromatic heterocycles. The summed E-state index contributed by atoms with van der Waals surface area (Å²) in [5.41, 5.74) is 4.72. The maximum Gasteiger partial charge on any atom is 0.309 e. The van der Waals surface area contributed by atoms with Gasteiger partial charge in [0.15, 0.2) is 0 Å².